The minimum Gasteiger partial charge on any atom is -0.452 e. The molecule has 120 valence electrons. The second kappa shape index (κ2) is 7.19. The van der Waals surface area contributed by atoms with E-state index < -0.39 is 30.1 Å². The lowest BCUT2D eigenvalue weighted by Gasteiger charge is -2.08. The Hall–Kier alpha value is -2.47. The number of carbonyl (C=O) groups excluding carboxylic acids is 2. The lowest BCUT2D eigenvalue weighted by molar-refractivity contribution is -0.119. The molecule has 2 rings (SSSR count). The van der Waals surface area contributed by atoms with Gasteiger partial charge in [-0.25, -0.2) is 13.6 Å². The van der Waals surface area contributed by atoms with Crippen molar-refractivity contribution in [3.05, 3.63) is 64.2 Å². The first-order valence-corrected chi connectivity index (χ1v) is 6.93. The van der Waals surface area contributed by atoms with E-state index in [0.717, 1.165) is 18.2 Å². The lowest BCUT2D eigenvalue weighted by atomic mass is 10.2. The van der Waals surface area contributed by atoms with Crippen LogP contribution in [0, 0.1) is 18.6 Å². The number of benzene rings is 2. The number of anilines is 1. The second-order valence-corrected chi connectivity index (χ2v) is 5.14. The van der Waals surface area contributed by atoms with Crippen molar-refractivity contribution in [3.8, 4) is 0 Å². The summed E-state index contributed by atoms with van der Waals surface area (Å²) in [5, 5.41) is 2.16. The third kappa shape index (κ3) is 4.50. The van der Waals surface area contributed by atoms with Crippen molar-refractivity contribution < 1.29 is 23.1 Å². The zero-order valence-electron chi connectivity index (χ0n) is 12.0. The largest absolute Gasteiger partial charge is 0.452 e. The van der Waals surface area contributed by atoms with Crippen molar-refractivity contribution in [2.75, 3.05) is 11.9 Å². The summed E-state index contributed by atoms with van der Waals surface area (Å²) in [6.45, 7) is 1.09. The van der Waals surface area contributed by atoms with Crippen molar-refractivity contribution in [2.24, 2.45) is 0 Å². The molecule has 0 aliphatic heterocycles. The summed E-state index contributed by atoms with van der Waals surface area (Å²) in [6.07, 6.45) is 0. The first kappa shape index (κ1) is 16.9. The molecule has 0 aliphatic rings. The average molecular weight is 340 g/mol. The van der Waals surface area contributed by atoms with E-state index in [0.29, 0.717) is 5.56 Å². The quantitative estimate of drug-likeness (QED) is 0.864. The van der Waals surface area contributed by atoms with Crippen LogP contribution < -0.4 is 5.32 Å². The molecule has 2 aromatic carbocycles. The second-order valence-electron chi connectivity index (χ2n) is 4.73. The summed E-state index contributed by atoms with van der Waals surface area (Å²) in [6, 6.07) is 7.45. The summed E-state index contributed by atoms with van der Waals surface area (Å²) < 4.78 is 31.3. The van der Waals surface area contributed by atoms with Crippen LogP contribution in [-0.2, 0) is 9.53 Å². The van der Waals surface area contributed by atoms with Gasteiger partial charge in [-0.05, 0) is 42.8 Å². The van der Waals surface area contributed by atoms with Gasteiger partial charge in [0.25, 0.3) is 5.91 Å². The molecule has 7 heteroatoms. The van der Waals surface area contributed by atoms with E-state index in [1.54, 1.807) is 13.0 Å². The Morgan fingerprint density at radius 2 is 1.91 bits per heavy atom. The standard InChI is InChI=1S/C16H12ClF2NO3/c1-9-2-5-14(13(19)6-9)20-15(21)8-23-16(22)11-4-3-10(18)7-12(11)17/h2-7H,8H2,1H3,(H,20,21). The van der Waals surface area contributed by atoms with E-state index in [9.17, 15) is 18.4 Å². The number of halogens is 3. The fourth-order valence-electron chi connectivity index (χ4n) is 1.77. The smallest absolute Gasteiger partial charge is 0.340 e. The number of amides is 1. The molecule has 0 unspecified atom stereocenters. The monoisotopic (exact) mass is 339 g/mol. The van der Waals surface area contributed by atoms with Crippen molar-refractivity contribution in [2.45, 2.75) is 6.92 Å². The molecule has 0 aromatic heterocycles. The Balaban J connectivity index is 1.94. The minimum atomic E-state index is -0.880. The maximum Gasteiger partial charge on any atom is 0.340 e. The predicted octanol–water partition coefficient (Wildman–Crippen LogP) is 3.72. The van der Waals surface area contributed by atoms with Crippen LogP contribution in [0.5, 0.6) is 0 Å². The van der Waals surface area contributed by atoms with Gasteiger partial charge in [0.2, 0.25) is 0 Å². The highest BCUT2D eigenvalue weighted by Gasteiger charge is 2.15. The van der Waals surface area contributed by atoms with Gasteiger partial charge in [0.1, 0.15) is 11.6 Å². The Morgan fingerprint density at radius 1 is 1.17 bits per heavy atom. The van der Waals surface area contributed by atoms with Gasteiger partial charge < -0.3 is 10.1 Å². The van der Waals surface area contributed by atoms with E-state index >= 15 is 0 Å². The van der Waals surface area contributed by atoms with Crippen LogP contribution in [0.2, 0.25) is 5.02 Å². The summed E-state index contributed by atoms with van der Waals surface area (Å²) in [4.78, 5) is 23.4. The molecule has 1 amide bonds. The topological polar surface area (TPSA) is 55.4 Å². The molecular formula is C16H12ClF2NO3. The van der Waals surface area contributed by atoms with Gasteiger partial charge in [0.15, 0.2) is 6.61 Å². The van der Waals surface area contributed by atoms with Gasteiger partial charge in [0, 0.05) is 0 Å². The molecule has 2 aromatic rings. The van der Waals surface area contributed by atoms with Gasteiger partial charge in [-0.2, -0.15) is 0 Å². The normalized spacial score (nSPS) is 10.3. The van der Waals surface area contributed by atoms with Crippen LogP contribution in [0.25, 0.3) is 0 Å². The summed E-state index contributed by atoms with van der Waals surface area (Å²) in [7, 11) is 0. The van der Waals surface area contributed by atoms with Gasteiger partial charge in [-0.3, -0.25) is 4.79 Å². The Morgan fingerprint density at radius 3 is 2.57 bits per heavy atom. The fraction of sp³-hybridized carbons (Fsp3) is 0.125. The van der Waals surface area contributed by atoms with Gasteiger partial charge >= 0.3 is 5.97 Å². The maximum atomic E-state index is 13.6. The number of nitrogens with one attached hydrogen (secondary N) is 1. The summed E-state index contributed by atoms with van der Waals surface area (Å²) >= 11 is 5.71. The first-order valence-electron chi connectivity index (χ1n) is 6.55. The van der Waals surface area contributed by atoms with E-state index in [1.165, 1.54) is 12.1 Å². The van der Waals surface area contributed by atoms with E-state index in [1.807, 2.05) is 0 Å². The zero-order valence-corrected chi connectivity index (χ0v) is 12.8. The van der Waals surface area contributed by atoms with Gasteiger partial charge in [-0.1, -0.05) is 17.7 Å². The highest BCUT2D eigenvalue weighted by molar-refractivity contribution is 6.33. The molecule has 0 heterocycles. The molecule has 0 spiro atoms. The van der Waals surface area contributed by atoms with E-state index in [4.69, 9.17) is 16.3 Å². The zero-order chi connectivity index (χ0) is 17.0. The molecule has 0 fully saturated rings. The number of esters is 1. The van der Waals surface area contributed by atoms with Gasteiger partial charge in [0.05, 0.1) is 16.3 Å². The highest BCUT2D eigenvalue weighted by atomic mass is 35.5. The molecule has 0 atom stereocenters. The van der Waals surface area contributed by atoms with Crippen LogP contribution in [0.15, 0.2) is 36.4 Å². The third-order valence-electron chi connectivity index (χ3n) is 2.88. The number of hydrogen-bond acceptors (Lipinski definition) is 3. The molecule has 0 saturated heterocycles. The Kier molecular flexibility index (Phi) is 5.28. The highest BCUT2D eigenvalue weighted by Crippen LogP contribution is 2.18. The Labute approximate surface area is 136 Å². The Bertz CT molecular complexity index is 765. The number of ether oxygens (including phenoxy) is 1. The first-order chi connectivity index (χ1) is 10.9. The maximum absolute atomic E-state index is 13.6. The molecule has 0 saturated carbocycles. The molecular weight excluding hydrogens is 328 g/mol. The number of rotatable bonds is 4. The number of carbonyl (C=O) groups is 2. The number of aryl methyl sites for hydroxylation is 1. The van der Waals surface area contributed by atoms with Crippen LogP contribution in [0.4, 0.5) is 14.5 Å². The van der Waals surface area contributed by atoms with Crippen molar-refractivity contribution in [1.29, 1.82) is 0 Å². The molecule has 4 nitrogen and oxygen atoms in total. The van der Waals surface area contributed by atoms with Gasteiger partial charge in [-0.15, -0.1) is 0 Å². The molecule has 0 radical (unpaired) electrons. The molecule has 1 N–H and O–H groups in total. The molecule has 0 bridgehead atoms. The fourth-order valence-corrected chi connectivity index (χ4v) is 2.02. The lowest BCUT2D eigenvalue weighted by Crippen LogP contribution is -2.21. The van der Waals surface area contributed by atoms with Crippen molar-refractivity contribution in [1.82, 2.24) is 0 Å². The third-order valence-corrected chi connectivity index (χ3v) is 3.20. The molecule has 23 heavy (non-hydrogen) atoms. The van der Waals surface area contributed by atoms with Crippen LogP contribution in [-0.4, -0.2) is 18.5 Å². The molecule has 0 aliphatic carbocycles. The SMILES string of the molecule is Cc1ccc(NC(=O)COC(=O)c2ccc(F)cc2Cl)c(F)c1. The predicted molar refractivity (Wildman–Crippen MR) is 81.5 cm³/mol. The van der Waals surface area contributed by atoms with E-state index in [2.05, 4.69) is 5.32 Å². The van der Waals surface area contributed by atoms with Crippen LogP contribution in [0.3, 0.4) is 0 Å². The average Bonchev–Trinajstić information content (AvgIpc) is 2.48. The number of hydrogen-bond donors (Lipinski definition) is 1. The van der Waals surface area contributed by atoms with Crippen LogP contribution in [0.1, 0.15) is 15.9 Å². The summed E-state index contributed by atoms with van der Waals surface area (Å²) in [5.41, 5.74) is 0.622. The van der Waals surface area contributed by atoms with E-state index in [-0.39, 0.29) is 16.3 Å². The van der Waals surface area contributed by atoms with Crippen molar-refractivity contribution >= 4 is 29.2 Å². The summed E-state index contributed by atoms with van der Waals surface area (Å²) in [5.74, 6) is -2.78. The van der Waals surface area contributed by atoms with Crippen LogP contribution >= 0.6 is 11.6 Å². The van der Waals surface area contributed by atoms with Crippen molar-refractivity contribution in [3.63, 3.8) is 0 Å². The minimum absolute atomic E-state index is 0.0172.